The molecule has 2 heterocycles. The number of carbonyl (C=O) groups is 1. The third-order valence-electron chi connectivity index (χ3n) is 7.57. The Labute approximate surface area is 223 Å². The summed E-state index contributed by atoms with van der Waals surface area (Å²) < 4.78 is 0. The molecule has 0 unspecified atom stereocenters. The van der Waals surface area contributed by atoms with Gasteiger partial charge in [-0.3, -0.25) is 19.8 Å². The van der Waals surface area contributed by atoms with Gasteiger partial charge in [0.2, 0.25) is 0 Å². The molecule has 1 amide bonds. The van der Waals surface area contributed by atoms with E-state index < -0.39 is 4.92 Å². The van der Waals surface area contributed by atoms with E-state index in [-0.39, 0.29) is 11.6 Å². The number of nitro benzene ring substituents is 1. The zero-order valence-corrected chi connectivity index (χ0v) is 21.6. The predicted molar refractivity (Wildman–Crippen MR) is 151 cm³/mol. The van der Waals surface area contributed by atoms with E-state index in [9.17, 15) is 14.9 Å². The molecule has 0 atom stereocenters. The summed E-state index contributed by atoms with van der Waals surface area (Å²) in [4.78, 5) is 28.5. The second kappa shape index (κ2) is 12.2. The van der Waals surface area contributed by atoms with Crippen LogP contribution in [0.15, 0.2) is 72.8 Å². The molecule has 5 rings (SSSR count). The molecule has 2 aliphatic rings. The molecule has 0 radical (unpaired) electrons. The second-order valence-electron chi connectivity index (χ2n) is 10.3. The zero-order valence-electron chi connectivity index (χ0n) is 21.6. The number of nitrogens with one attached hydrogen (secondary N) is 2. The molecule has 2 saturated heterocycles. The van der Waals surface area contributed by atoms with Crippen molar-refractivity contribution in [2.24, 2.45) is 0 Å². The zero-order chi connectivity index (χ0) is 26.3. The topological polar surface area (TPSA) is 90.8 Å². The van der Waals surface area contributed by atoms with Gasteiger partial charge in [0, 0.05) is 47.3 Å². The second-order valence-corrected chi connectivity index (χ2v) is 10.3. The van der Waals surface area contributed by atoms with Gasteiger partial charge in [0.05, 0.1) is 4.92 Å². The summed E-state index contributed by atoms with van der Waals surface area (Å²) in [6.45, 7) is 5.79. The van der Waals surface area contributed by atoms with Gasteiger partial charge < -0.3 is 15.5 Å². The highest BCUT2D eigenvalue weighted by Gasteiger charge is 2.25. The molecule has 3 aromatic carbocycles. The Bertz CT molecular complexity index is 1230. The Hall–Kier alpha value is -3.75. The fourth-order valence-corrected chi connectivity index (χ4v) is 5.45. The van der Waals surface area contributed by atoms with Crippen molar-refractivity contribution < 1.29 is 9.72 Å². The van der Waals surface area contributed by atoms with Gasteiger partial charge in [-0.1, -0.05) is 24.6 Å². The summed E-state index contributed by atoms with van der Waals surface area (Å²) in [5.74, 6) is -0.181. The lowest BCUT2D eigenvalue weighted by Gasteiger charge is -2.40. The van der Waals surface area contributed by atoms with Crippen LogP contribution in [0.4, 0.5) is 22.7 Å². The molecule has 0 aromatic heterocycles. The van der Waals surface area contributed by atoms with Gasteiger partial charge in [-0.15, -0.1) is 0 Å². The predicted octanol–water partition coefficient (Wildman–Crippen LogP) is 6.04. The molecule has 2 N–H and O–H groups in total. The first-order chi connectivity index (χ1) is 18.5. The minimum atomic E-state index is -0.426. The van der Waals surface area contributed by atoms with Crippen LogP contribution in [0.2, 0.25) is 0 Å². The molecule has 38 heavy (non-hydrogen) atoms. The van der Waals surface area contributed by atoms with Crippen molar-refractivity contribution in [1.82, 2.24) is 9.80 Å². The van der Waals surface area contributed by atoms with E-state index >= 15 is 0 Å². The van der Waals surface area contributed by atoms with Crippen LogP contribution in [0, 0.1) is 10.1 Å². The molecule has 0 bridgehead atoms. The number of hydrogen-bond donors (Lipinski definition) is 2. The summed E-state index contributed by atoms with van der Waals surface area (Å²) in [7, 11) is 0. The van der Waals surface area contributed by atoms with Crippen molar-refractivity contribution in [3.63, 3.8) is 0 Å². The van der Waals surface area contributed by atoms with Crippen molar-refractivity contribution in [3.05, 3.63) is 94.0 Å². The van der Waals surface area contributed by atoms with Crippen molar-refractivity contribution in [2.75, 3.05) is 36.8 Å². The summed E-state index contributed by atoms with van der Waals surface area (Å²) in [6, 6.07) is 22.2. The Balaban J connectivity index is 1.09. The molecule has 8 nitrogen and oxygen atoms in total. The number of hydrogen-bond acceptors (Lipinski definition) is 6. The van der Waals surface area contributed by atoms with Crippen LogP contribution in [-0.4, -0.2) is 52.9 Å². The Morgan fingerprint density at radius 1 is 0.842 bits per heavy atom. The first kappa shape index (κ1) is 25.9. The van der Waals surface area contributed by atoms with Crippen molar-refractivity contribution in [1.29, 1.82) is 0 Å². The Morgan fingerprint density at radius 2 is 1.53 bits per heavy atom. The molecule has 2 fully saturated rings. The molecule has 0 aliphatic carbocycles. The van der Waals surface area contributed by atoms with Gasteiger partial charge in [0.1, 0.15) is 0 Å². The number of carbonyl (C=O) groups excluding carboxylic acids is 1. The van der Waals surface area contributed by atoms with E-state index in [4.69, 9.17) is 0 Å². The van der Waals surface area contributed by atoms with E-state index in [2.05, 4.69) is 32.6 Å². The number of piperidine rings is 2. The maximum atomic E-state index is 12.7. The third-order valence-corrected chi connectivity index (χ3v) is 7.57. The average molecular weight is 514 g/mol. The number of rotatable bonds is 8. The Kier molecular flexibility index (Phi) is 8.31. The molecular weight excluding hydrogens is 478 g/mol. The van der Waals surface area contributed by atoms with Gasteiger partial charge in [0.15, 0.2) is 0 Å². The standard InChI is InChI=1S/C30H35N5O3/c36-30(24-9-13-25(14-10-24)31-27-5-4-6-29(21-27)35(37)38)32-26-11-7-23(8-12-26)22-33-19-15-28(16-20-33)34-17-2-1-3-18-34/h4-14,21,28,31H,1-3,15-20,22H2,(H,32,36). The molecule has 0 spiro atoms. The van der Waals surface area contributed by atoms with Crippen molar-refractivity contribution >= 4 is 28.7 Å². The SMILES string of the molecule is O=C(Nc1ccc(CN2CCC(N3CCCCC3)CC2)cc1)c1ccc(Nc2cccc([N+](=O)[O-])c2)cc1. The van der Waals surface area contributed by atoms with Gasteiger partial charge in [0.25, 0.3) is 11.6 Å². The first-order valence-electron chi connectivity index (χ1n) is 13.5. The van der Waals surface area contributed by atoms with Crippen molar-refractivity contribution in [3.8, 4) is 0 Å². The normalized spacial score (nSPS) is 17.2. The van der Waals surface area contributed by atoms with Crippen LogP contribution >= 0.6 is 0 Å². The van der Waals surface area contributed by atoms with Crippen LogP contribution in [0.1, 0.15) is 48.0 Å². The number of nitrogens with zero attached hydrogens (tertiary/aromatic N) is 3. The summed E-state index contributed by atoms with van der Waals surface area (Å²) in [5, 5.41) is 17.1. The summed E-state index contributed by atoms with van der Waals surface area (Å²) >= 11 is 0. The average Bonchev–Trinajstić information content (AvgIpc) is 2.95. The minimum absolute atomic E-state index is 0.0226. The van der Waals surface area contributed by atoms with E-state index in [1.54, 1.807) is 36.4 Å². The molecule has 198 valence electrons. The van der Waals surface area contributed by atoms with Crippen LogP contribution < -0.4 is 10.6 Å². The minimum Gasteiger partial charge on any atom is -0.355 e. The fourth-order valence-electron chi connectivity index (χ4n) is 5.45. The number of likely N-dealkylation sites (tertiary alicyclic amines) is 2. The Morgan fingerprint density at radius 3 is 2.21 bits per heavy atom. The van der Waals surface area contributed by atoms with Crippen LogP contribution in [-0.2, 0) is 6.54 Å². The van der Waals surface area contributed by atoms with Gasteiger partial charge >= 0.3 is 0 Å². The lowest BCUT2D eigenvalue weighted by atomic mass is 9.99. The lowest BCUT2D eigenvalue weighted by molar-refractivity contribution is -0.384. The number of anilines is 3. The number of amides is 1. The fraction of sp³-hybridized carbons (Fsp3) is 0.367. The van der Waals surface area contributed by atoms with E-state index in [1.807, 2.05) is 12.1 Å². The number of nitro groups is 1. The van der Waals surface area contributed by atoms with Crippen LogP contribution in [0.5, 0.6) is 0 Å². The first-order valence-corrected chi connectivity index (χ1v) is 13.5. The maximum Gasteiger partial charge on any atom is 0.271 e. The molecular formula is C30H35N5O3. The summed E-state index contributed by atoms with van der Waals surface area (Å²) in [5.41, 5.74) is 3.94. The highest BCUT2D eigenvalue weighted by atomic mass is 16.6. The molecule has 8 heteroatoms. The lowest BCUT2D eigenvalue weighted by Crippen LogP contribution is -2.46. The van der Waals surface area contributed by atoms with E-state index in [0.29, 0.717) is 11.3 Å². The van der Waals surface area contributed by atoms with E-state index in [1.165, 1.54) is 62.9 Å². The van der Waals surface area contributed by atoms with Gasteiger partial charge in [-0.05, 0) is 99.9 Å². The van der Waals surface area contributed by atoms with Crippen molar-refractivity contribution in [2.45, 2.75) is 44.7 Å². The molecule has 2 aliphatic heterocycles. The molecule has 0 saturated carbocycles. The monoisotopic (exact) mass is 513 g/mol. The highest BCUT2D eigenvalue weighted by molar-refractivity contribution is 6.04. The number of benzene rings is 3. The van der Waals surface area contributed by atoms with Gasteiger partial charge in [-0.25, -0.2) is 0 Å². The van der Waals surface area contributed by atoms with E-state index in [0.717, 1.165) is 37.1 Å². The summed E-state index contributed by atoms with van der Waals surface area (Å²) in [6.07, 6.45) is 6.62. The maximum absolute atomic E-state index is 12.7. The van der Waals surface area contributed by atoms with Gasteiger partial charge in [-0.2, -0.15) is 0 Å². The molecule has 3 aromatic rings. The largest absolute Gasteiger partial charge is 0.355 e. The van der Waals surface area contributed by atoms with Crippen LogP contribution in [0.3, 0.4) is 0 Å². The third kappa shape index (κ3) is 6.76. The smallest absolute Gasteiger partial charge is 0.271 e. The number of non-ortho nitro benzene ring substituents is 1. The highest BCUT2D eigenvalue weighted by Crippen LogP contribution is 2.24. The van der Waals surface area contributed by atoms with Crippen LogP contribution in [0.25, 0.3) is 0 Å². The quantitative estimate of drug-likeness (QED) is 0.282.